The average Bonchev–Trinajstić information content (AvgIpc) is 2.36. The lowest BCUT2D eigenvalue weighted by molar-refractivity contribution is 0.935. The van der Waals surface area contributed by atoms with Crippen molar-refractivity contribution in [3.8, 4) is 0 Å². The summed E-state index contributed by atoms with van der Waals surface area (Å²) in [6.45, 7) is 4.87. The number of nitrogens with two attached hydrogens (primary N) is 1. The third-order valence-corrected chi connectivity index (χ3v) is 3.88. The molecule has 0 spiro atoms. The molecule has 94 valence electrons. The molecule has 18 heavy (non-hydrogen) atoms. The number of aromatic nitrogens is 1. The van der Waals surface area contributed by atoms with E-state index in [0.717, 1.165) is 11.4 Å². The van der Waals surface area contributed by atoms with Crippen LogP contribution in [-0.2, 0) is 6.42 Å². The van der Waals surface area contributed by atoms with Crippen LogP contribution < -0.4 is 5.73 Å². The Morgan fingerprint density at radius 1 is 1.17 bits per heavy atom. The van der Waals surface area contributed by atoms with Crippen LogP contribution >= 0.6 is 11.8 Å². The van der Waals surface area contributed by atoms with Crippen LogP contribution in [-0.4, -0.2) is 11.5 Å². The van der Waals surface area contributed by atoms with Gasteiger partial charge in [0.2, 0.25) is 0 Å². The summed E-state index contributed by atoms with van der Waals surface area (Å²) >= 11 is 1.71. The average molecular weight is 258 g/mol. The van der Waals surface area contributed by atoms with Gasteiger partial charge in [0.15, 0.2) is 0 Å². The van der Waals surface area contributed by atoms with E-state index in [1.807, 2.05) is 6.20 Å². The first-order valence-corrected chi connectivity index (χ1v) is 6.91. The second-order valence-electron chi connectivity index (χ2n) is 4.42. The van der Waals surface area contributed by atoms with Gasteiger partial charge >= 0.3 is 0 Å². The number of hydrogen-bond acceptors (Lipinski definition) is 3. The van der Waals surface area contributed by atoms with E-state index in [9.17, 15) is 0 Å². The number of aryl methyl sites for hydroxylation is 2. The molecule has 2 N–H and O–H groups in total. The maximum absolute atomic E-state index is 5.55. The first-order valence-electron chi connectivity index (χ1n) is 6.09. The van der Waals surface area contributed by atoms with Crippen molar-refractivity contribution in [2.45, 2.75) is 30.2 Å². The van der Waals surface area contributed by atoms with Gasteiger partial charge in [0, 0.05) is 11.1 Å². The van der Waals surface area contributed by atoms with Crippen LogP contribution in [0, 0.1) is 13.8 Å². The largest absolute Gasteiger partial charge is 0.330 e. The van der Waals surface area contributed by atoms with E-state index in [1.165, 1.54) is 21.6 Å². The SMILES string of the molecule is Cc1ccc(Sc2ncc(CCN)cc2C)cc1. The molecule has 0 unspecified atom stereocenters. The maximum atomic E-state index is 5.55. The molecular formula is C15H18N2S. The first-order chi connectivity index (χ1) is 8.69. The van der Waals surface area contributed by atoms with Gasteiger partial charge < -0.3 is 5.73 Å². The Morgan fingerprint density at radius 3 is 2.50 bits per heavy atom. The van der Waals surface area contributed by atoms with Gasteiger partial charge in [-0.25, -0.2) is 4.98 Å². The minimum atomic E-state index is 0.672. The monoisotopic (exact) mass is 258 g/mol. The molecule has 0 aliphatic rings. The molecule has 3 heteroatoms. The summed E-state index contributed by atoms with van der Waals surface area (Å²) in [6, 6.07) is 10.7. The van der Waals surface area contributed by atoms with E-state index < -0.39 is 0 Å². The highest BCUT2D eigenvalue weighted by molar-refractivity contribution is 7.99. The molecule has 0 aliphatic heterocycles. The quantitative estimate of drug-likeness (QED) is 0.914. The Morgan fingerprint density at radius 2 is 1.89 bits per heavy atom. The fourth-order valence-electron chi connectivity index (χ4n) is 1.75. The Kier molecular flexibility index (Phi) is 4.39. The van der Waals surface area contributed by atoms with E-state index in [0.29, 0.717) is 6.54 Å². The van der Waals surface area contributed by atoms with Crippen LogP contribution in [0.1, 0.15) is 16.7 Å². The molecule has 0 fully saturated rings. The zero-order chi connectivity index (χ0) is 13.0. The van der Waals surface area contributed by atoms with Crippen molar-refractivity contribution in [2.24, 2.45) is 5.73 Å². The van der Waals surface area contributed by atoms with Crippen molar-refractivity contribution in [3.63, 3.8) is 0 Å². The number of hydrogen-bond donors (Lipinski definition) is 1. The van der Waals surface area contributed by atoms with Crippen molar-refractivity contribution in [2.75, 3.05) is 6.54 Å². The lowest BCUT2D eigenvalue weighted by atomic mass is 10.2. The van der Waals surface area contributed by atoms with Crippen LogP contribution in [0.2, 0.25) is 0 Å². The first kappa shape index (κ1) is 13.1. The smallest absolute Gasteiger partial charge is 0.104 e. The molecule has 0 bridgehead atoms. The number of nitrogens with zero attached hydrogens (tertiary/aromatic N) is 1. The number of benzene rings is 1. The standard InChI is InChI=1S/C15H18N2S/c1-11-3-5-14(6-4-11)18-15-12(2)9-13(7-8-16)10-17-15/h3-6,9-10H,7-8,16H2,1-2H3. The van der Waals surface area contributed by atoms with Crippen LogP contribution in [0.3, 0.4) is 0 Å². The van der Waals surface area contributed by atoms with Gasteiger partial charge in [-0.2, -0.15) is 0 Å². The summed E-state index contributed by atoms with van der Waals surface area (Å²) in [5.41, 5.74) is 9.26. The van der Waals surface area contributed by atoms with E-state index in [2.05, 4.69) is 49.2 Å². The van der Waals surface area contributed by atoms with Crippen molar-refractivity contribution in [3.05, 3.63) is 53.2 Å². The van der Waals surface area contributed by atoms with E-state index >= 15 is 0 Å². The predicted molar refractivity (Wildman–Crippen MR) is 77.0 cm³/mol. The number of rotatable bonds is 4. The Balaban J connectivity index is 2.16. The lowest BCUT2D eigenvalue weighted by Crippen LogP contribution is -2.03. The van der Waals surface area contributed by atoms with Gasteiger partial charge in [-0.1, -0.05) is 35.5 Å². The summed E-state index contributed by atoms with van der Waals surface area (Å²) in [5.74, 6) is 0. The summed E-state index contributed by atoms with van der Waals surface area (Å²) in [4.78, 5) is 5.75. The Labute approximate surface area is 113 Å². The lowest BCUT2D eigenvalue weighted by Gasteiger charge is -2.07. The molecular weight excluding hydrogens is 240 g/mol. The van der Waals surface area contributed by atoms with Gasteiger partial charge in [0.25, 0.3) is 0 Å². The highest BCUT2D eigenvalue weighted by atomic mass is 32.2. The maximum Gasteiger partial charge on any atom is 0.104 e. The molecule has 2 nitrogen and oxygen atoms in total. The Bertz CT molecular complexity index is 521. The van der Waals surface area contributed by atoms with Crippen molar-refractivity contribution < 1.29 is 0 Å². The van der Waals surface area contributed by atoms with Gasteiger partial charge in [-0.3, -0.25) is 0 Å². The topological polar surface area (TPSA) is 38.9 Å². The summed E-state index contributed by atoms with van der Waals surface area (Å²) in [7, 11) is 0. The zero-order valence-electron chi connectivity index (χ0n) is 10.8. The second-order valence-corrected chi connectivity index (χ2v) is 5.48. The Hall–Kier alpha value is -1.32. The molecule has 0 radical (unpaired) electrons. The minimum absolute atomic E-state index is 0.672. The van der Waals surface area contributed by atoms with Crippen LogP contribution in [0.15, 0.2) is 46.5 Å². The highest BCUT2D eigenvalue weighted by Crippen LogP contribution is 2.28. The predicted octanol–water partition coefficient (Wildman–Crippen LogP) is 3.35. The third kappa shape index (κ3) is 3.34. The fraction of sp³-hybridized carbons (Fsp3) is 0.267. The third-order valence-electron chi connectivity index (χ3n) is 2.76. The minimum Gasteiger partial charge on any atom is -0.330 e. The normalized spacial score (nSPS) is 10.6. The van der Waals surface area contributed by atoms with Gasteiger partial charge in [0.05, 0.1) is 0 Å². The van der Waals surface area contributed by atoms with Crippen molar-refractivity contribution in [1.82, 2.24) is 4.98 Å². The highest BCUT2D eigenvalue weighted by Gasteiger charge is 2.04. The van der Waals surface area contributed by atoms with Crippen LogP contribution in [0.5, 0.6) is 0 Å². The zero-order valence-corrected chi connectivity index (χ0v) is 11.6. The molecule has 0 aliphatic carbocycles. The summed E-state index contributed by atoms with van der Waals surface area (Å²) in [6.07, 6.45) is 2.82. The molecule has 1 aromatic carbocycles. The fourth-order valence-corrected chi connectivity index (χ4v) is 2.57. The molecule has 2 rings (SSSR count). The molecule has 0 saturated carbocycles. The van der Waals surface area contributed by atoms with Crippen molar-refractivity contribution in [1.29, 1.82) is 0 Å². The molecule has 0 atom stereocenters. The van der Waals surface area contributed by atoms with Gasteiger partial charge in [-0.05, 0) is 50.1 Å². The van der Waals surface area contributed by atoms with Crippen LogP contribution in [0.25, 0.3) is 0 Å². The van der Waals surface area contributed by atoms with E-state index in [-0.39, 0.29) is 0 Å². The number of pyridine rings is 1. The molecule has 0 saturated heterocycles. The molecule has 1 aromatic heterocycles. The van der Waals surface area contributed by atoms with Crippen LogP contribution in [0.4, 0.5) is 0 Å². The molecule has 2 aromatic rings. The second kappa shape index (κ2) is 6.03. The van der Waals surface area contributed by atoms with Crippen molar-refractivity contribution >= 4 is 11.8 Å². The molecule has 1 heterocycles. The summed E-state index contributed by atoms with van der Waals surface area (Å²) < 4.78 is 0. The molecule has 0 amide bonds. The van der Waals surface area contributed by atoms with E-state index in [1.54, 1.807) is 11.8 Å². The van der Waals surface area contributed by atoms with E-state index in [4.69, 9.17) is 5.73 Å². The van der Waals surface area contributed by atoms with Gasteiger partial charge in [0.1, 0.15) is 5.03 Å². The van der Waals surface area contributed by atoms with Gasteiger partial charge in [-0.15, -0.1) is 0 Å². The summed E-state index contributed by atoms with van der Waals surface area (Å²) in [5, 5.41) is 1.07.